The number of carbonyl (C=O) groups is 1. The van der Waals surface area contributed by atoms with E-state index in [1.165, 1.54) is 11.6 Å². The summed E-state index contributed by atoms with van der Waals surface area (Å²) in [5, 5.41) is 0. The van der Waals surface area contributed by atoms with E-state index in [0.29, 0.717) is 18.8 Å². The summed E-state index contributed by atoms with van der Waals surface area (Å²) in [6.45, 7) is 1.97. The number of H-pyrrole nitrogens is 2. The summed E-state index contributed by atoms with van der Waals surface area (Å²) in [5.74, 6) is 2.04. The van der Waals surface area contributed by atoms with Gasteiger partial charge in [0.1, 0.15) is 11.6 Å². The second-order valence-electron chi connectivity index (χ2n) is 7.71. The van der Waals surface area contributed by atoms with E-state index in [4.69, 9.17) is 4.74 Å². The monoisotopic (exact) mass is 423 g/mol. The standard InChI is InChI=1S/C22H25N5O4/c1-31-18-4-2-15(3-5-18)14-27-11-8-23-21(27)16-6-9-26(10-7-16)20(29)13-17-12-19(28)25-22(30)24-17/h2-5,8,11-12,16H,6-7,9-10,13-14H2,1H3,(H2,24,25,28,30). The summed E-state index contributed by atoms with van der Waals surface area (Å²) < 4.78 is 7.37. The number of hydrogen-bond donors (Lipinski definition) is 2. The average Bonchev–Trinajstić information content (AvgIpc) is 3.21. The number of imidazole rings is 1. The zero-order chi connectivity index (χ0) is 21.8. The first kappa shape index (κ1) is 20.6. The Kier molecular flexibility index (Phi) is 6.01. The Labute approximate surface area is 178 Å². The van der Waals surface area contributed by atoms with Crippen molar-refractivity contribution < 1.29 is 9.53 Å². The molecule has 0 bridgehead atoms. The normalized spacial score (nSPS) is 14.5. The van der Waals surface area contributed by atoms with E-state index in [1.54, 1.807) is 12.0 Å². The highest BCUT2D eigenvalue weighted by Crippen LogP contribution is 2.27. The molecule has 1 aliphatic heterocycles. The topological polar surface area (TPSA) is 113 Å². The van der Waals surface area contributed by atoms with Crippen LogP contribution >= 0.6 is 0 Å². The molecule has 0 atom stereocenters. The van der Waals surface area contributed by atoms with E-state index in [-0.39, 0.29) is 18.2 Å². The number of rotatable bonds is 6. The number of nitrogens with zero attached hydrogens (tertiary/aromatic N) is 3. The van der Waals surface area contributed by atoms with Gasteiger partial charge in [0.25, 0.3) is 5.56 Å². The van der Waals surface area contributed by atoms with Gasteiger partial charge in [0.15, 0.2) is 0 Å². The van der Waals surface area contributed by atoms with Gasteiger partial charge in [-0.05, 0) is 30.5 Å². The number of aromatic amines is 2. The van der Waals surface area contributed by atoms with Gasteiger partial charge in [-0.2, -0.15) is 0 Å². The Hall–Kier alpha value is -3.62. The largest absolute Gasteiger partial charge is 0.497 e. The molecule has 0 aliphatic carbocycles. The Morgan fingerprint density at radius 1 is 1.16 bits per heavy atom. The van der Waals surface area contributed by atoms with Crippen molar-refractivity contribution in [3.05, 3.63) is 80.6 Å². The Bertz CT molecular complexity index is 1130. The number of aromatic nitrogens is 4. The molecule has 0 unspecified atom stereocenters. The molecule has 162 valence electrons. The summed E-state index contributed by atoms with van der Waals surface area (Å²) in [6.07, 6.45) is 5.45. The zero-order valence-electron chi connectivity index (χ0n) is 17.3. The van der Waals surface area contributed by atoms with Crippen LogP contribution in [0, 0.1) is 0 Å². The van der Waals surface area contributed by atoms with Crippen molar-refractivity contribution in [2.45, 2.75) is 31.7 Å². The van der Waals surface area contributed by atoms with Crippen molar-refractivity contribution in [1.29, 1.82) is 0 Å². The average molecular weight is 423 g/mol. The lowest BCUT2D eigenvalue weighted by molar-refractivity contribution is -0.131. The fourth-order valence-corrected chi connectivity index (χ4v) is 4.02. The lowest BCUT2D eigenvalue weighted by atomic mass is 9.95. The lowest BCUT2D eigenvalue weighted by Crippen LogP contribution is -2.39. The number of piperidine rings is 1. The third-order valence-electron chi connectivity index (χ3n) is 5.63. The van der Waals surface area contributed by atoms with Gasteiger partial charge < -0.3 is 19.2 Å². The van der Waals surface area contributed by atoms with Gasteiger partial charge in [0.2, 0.25) is 5.91 Å². The molecule has 2 aromatic heterocycles. The molecule has 31 heavy (non-hydrogen) atoms. The molecule has 3 heterocycles. The minimum Gasteiger partial charge on any atom is -0.497 e. The molecular weight excluding hydrogens is 398 g/mol. The first-order valence-electron chi connectivity index (χ1n) is 10.3. The number of hydrogen-bond acceptors (Lipinski definition) is 5. The third-order valence-corrected chi connectivity index (χ3v) is 5.63. The molecule has 0 radical (unpaired) electrons. The lowest BCUT2D eigenvalue weighted by Gasteiger charge is -2.32. The number of methoxy groups -OCH3 is 1. The van der Waals surface area contributed by atoms with Crippen LogP contribution in [-0.2, 0) is 17.8 Å². The van der Waals surface area contributed by atoms with E-state index in [9.17, 15) is 14.4 Å². The third kappa shape index (κ3) is 4.93. The minimum atomic E-state index is -0.599. The van der Waals surface area contributed by atoms with Crippen LogP contribution in [-0.4, -0.2) is 50.5 Å². The second-order valence-corrected chi connectivity index (χ2v) is 7.71. The Balaban J connectivity index is 1.36. The molecule has 4 rings (SSSR count). The van der Waals surface area contributed by atoms with E-state index < -0.39 is 11.2 Å². The number of nitrogens with one attached hydrogen (secondary N) is 2. The van der Waals surface area contributed by atoms with Gasteiger partial charge in [0.05, 0.1) is 13.5 Å². The first-order valence-corrected chi connectivity index (χ1v) is 10.3. The Morgan fingerprint density at radius 2 is 1.90 bits per heavy atom. The van der Waals surface area contributed by atoms with Crippen LogP contribution < -0.4 is 16.0 Å². The molecule has 1 saturated heterocycles. The fourth-order valence-electron chi connectivity index (χ4n) is 4.02. The second kappa shape index (κ2) is 9.03. The molecule has 3 aromatic rings. The van der Waals surface area contributed by atoms with Gasteiger partial charge >= 0.3 is 5.69 Å². The highest BCUT2D eigenvalue weighted by Gasteiger charge is 2.26. The van der Waals surface area contributed by atoms with Crippen molar-refractivity contribution in [2.24, 2.45) is 0 Å². The Morgan fingerprint density at radius 3 is 2.58 bits per heavy atom. The van der Waals surface area contributed by atoms with E-state index in [2.05, 4.69) is 19.5 Å². The fraction of sp³-hybridized carbons (Fsp3) is 0.364. The highest BCUT2D eigenvalue weighted by atomic mass is 16.5. The summed E-state index contributed by atoms with van der Waals surface area (Å²) in [5.41, 5.74) is 0.391. The number of amides is 1. The van der Waals surface area contributed by atoms with Crippen molar-refractivity contribution in [3.8, 4) is 5.75 Å². The van der Waals surface area contributed by atoms with Gasteiger partial charge in [-0.1, -0.05) is 12.1 Å². The molecule has 2 N–H and O–H groups in total. The van der Waals surface area contributed by atoms with E-state index >= 15 is 0 Å². The first-order chi connectivity index (χ1) is 15.0. The van der Waals surface area contributed by atoms with E-state index in [0.717, 1.165) is 31.0 Å². The van der Waals surface area contributed by atoms with Gasteiger partial charge in [-0.25, -0.2) is 9.78 Å². The molecule has 0 saturated carbocycles. The van der Waals surface area contributed by atoms with E-state index in [1.807, 2.05) is 36.7 Å². The predicted molar refractivity (Wildman–Crippen MR) is 114 cm³/mol. The van der Waals surface area contributed by atoms with Gasteiger partial charge in [-0.15, -0.1) is 0 Å². The molecule has 0 spiro atoms. The molecule has 1 fully saturated rings. The number of benzene rings is 1. The number of likely N-dealkylation sites (tertiary alicyclic amines) is 1. The number of ether oxygens (including phenoxy) is 1. The van der Waals surface area contributed by atoms with Crippen LogP contribution in [0.4, 0.5) is 0 Å². The van der Waals surface area contributed by atoms with Crippen LogP contribution in [0.15, 0.2) is 52.3 Å². The summed E-state index contributed by atoms with van der Waals surface area (Å²) >= 11 is 0. The summed E-state index contributed by atoms with van der Waals surface area (Å²) in [6, 6.07) is 9.24. The molecular formula is C22H25N5O4. The summed E-state index contributed by atoms with van der Waals surface area (Å²) in [4.78, 5) is 46.4. The molecule has 9 nitrogen and oxygen atoms in total. The maximum Gasteiger partial charge on any atom is 0.325 e. The maximum atomic E-state index is 12.6. The molecule has 1 amide bonds. The molecule has 1 aromatic carbocycles. The quantitative estimate of drug-likeness (QED) is 0.620. The van der Waals surface area contributed by atoms with Crippen LogP contribution in [0.2, 0.25) is 0 Å². The van der Waals surface area contributed by atoms with Gasteiger partial charge in [0, 0.05) is 49.7 Å². The van der Waals surface area contributed by atoms with Crippen LogP contribution in [0.1, 0.15) is 35.8 Å². The van der Waals surface area contributed by atoms with Crippen molar-refractivity contribution in [1.82, 2.24) is 24.4 Å². The van der Waals surface area contributed by atoms with Crippen LogP contribution in [0.5, 0.6) is 5.75 Å². The van der Waals surface area contributed by atoms with Crippen LogP contribution in [0.3, 0.4) is 0 Å². The predicted octanol–water partition coefficient (Wildman–Crippen LogP) is 1.27. The SMILES string of the molecule is COc1ccc(Cn2ccnc2C2CCN(C(=O)Cc3cc(=O)[nH]c(=O)[nH]3)CC2)cc1. The smallest absolute Gasteiger partial charge is 0.325 e. The minimum absolute atomic E-state index is 0.00984. The van der Waals surface area contributed by atoms with Crippen molar-refractivity contribution in [3.63, 3.8) is 0 Å². The maximum absolute atomic E-state index is 12.6. The molecule has 1 aliphatic rings. The van der Waals surface area contributed by atoms with Crippen molar-refractivity contribution >= 4 is 5.91 Å². The zero-order valence-corrected chi connectivity index (χ0v) is 17.3. The molecule has 9 heteroatoms. The summed E-state index contributed by atoms with van der Waals surface area (Å²) in [7, 11) is 1.65. The van der Waals surface area contributed by atoms with Gasteiger partial charge in [-0.3, -0.25) is 14.6 Å². The number of carbonyl (C=O) groups excluding carboxylic acids is 1. The van der Waals surface area contributed by atoms with Crippen LogP contribution in [0.25, 0.3) is 0 Å². The highest BCUT2D eigenvalue weighted by molar-refractivity contribution is 5.78. The van der Waals surface area contributed by atoms with Crippen molar-refractivity contribution in [2.75, 3.05) is 20.2 Å².